The smallest absolute Gasteiger partial charge is 0.334 e. The van der Waals surface area contributed by atoms with Crippen LogP contribution in [0.1, 0.15) is 11.1 Å². The van der Waals surface area contributed by atoms with E-state index in [0.717, 1.165) is 28.9 Å². The molecular weight excluding hydrogens is 281 g/mol. The van der Waals surface area contributed by atoms with Crippen LogP contribution in [0.15, 0.2) is 42.5 Å². The molecule has 0 unspecified atom stereocenters. The van der Waals surface area contributed by atoms with Crippen molar-refractivity contribution in [3.8, 4) is 11.1 Å². The first-order chi connectivity index (χ1) is 9.93. The maximum Gasteiger partial charge on any atom is 0.416 e. The van der Waals surface area contributed by atoms with Gasteiger partial charge in [-0.1, -0.05) is 18.2 Å². The van der Waals surface area contributed by atoms with Crippen molar-refractivity contribution < 1.29 is 18.0 Å². The van der Waals surface area contributed by atoms with Crippen molar-refractivity contribution in [1.29, 1.82) is 0 Å². The van der Waals surface area contributed by atoms with Gasteiger partial charge in [-0.2, -0.15) is 13.2 Å². The van der Waals surface area contributed by atoms with Gasteiger partial charge >= 0.3 is 12.2 Å². The summed E-state index contributed by atoms with van der Waals surface area (Å²) in [7, 11) is 0. The van der Waals surface area contributed by atoms with Crippen molar-refractivity contribution in [2.24, 2.45) is 0 Å². The summed E-state index contributed by atoms with van der Waals surface area (Å²) < 4.78 is 37.6. The fraction of sp³-hybridized carbons (Fsp3) is 0.133. The number of urea groups is 1. The second-order valence-corrected chi connectivity index (χ2v) is 4.75. The Morgan fingerprint density at radius 1 is 0.952 bits per heavy atom. The van der Waals surface area contributed by atoms with E-state index in [4.69, 9.17) is 0 Å². The molecule has 0 bridgehead atoms. The maximum absolute atomic E-state index is 12.5. The van der Waals surface area contributed by atoms with Crippen molar-refractivity contribution in [2.75, 3.05) is 5.32 Å². The average molecular weight is 292 g/mol. The first-order valence-electron chi connectivity index (χ1n) is 6.29. The fourth-order valence-electron chi connectivity index (χ4n) is 2.24. The lowest BCUT2D eigenvalue weighted by atomic mass is 10.00. The molecule has 2 aromatic carbocycles. The number of hydrogen-bond acceptors (Lipinski definition) is 1. The van der Waals surface area contributed by atoms with Crippen molar-refractivity contribution in [3.05, 3.63) is 53.6 Å². The Morgan fingerprint density at radius 3 is 2.29 bits per heavy atom. The Morgan fingerprint density at radius 2 is 1.62 bits per heavy atom. The normalized spacial score (nSPS) is 14.1. The third-order valence-electron chi connectivity index (χ3n) is 3.34. The van der Waals surface area contributed by atoms with Crippen LogP contribution in [0.4, 0.5) is 23.7 Å². The molecular formula is C15H11F3N2O. The van der Waals surface area contributed by atoms with E-state index in [0.29, 0.717) is 12.1 Å². The van der Waals surface area contributed by atoms with Gasteiger partial charge in [0.1, 0.15) is 0 Å². The van der Waals surface area contributed by atoms with E-state index < -0.39 is 11.7 Å². The van der Waals surface area contributed by atoms with Gasteiger partial charge in [0.25, 0.3) is 0 Å². The molecule has 1 heterocycles. The number of halogens is 3. The summed E-state index contributed by atoms with van der Waals surface area (Å²) in [6.07, 6.45) is -4.33. The van der Waals surface area contributed by atoms with Crippen molar-refractivity contribution in [1.82, 2.24) is 5.32 Å². The molecule has 6 heteroatoms. The van der Waals surface area contributed by atoms with E-state index in [1.54, 1.807) is 12.1 Å². The molecule has 3 nitrogen and oxygen atoms in total. The third-order valence-corrected chi connectivity index (χ3v) is 3.34. The van der Waals surface area contributed by atoms with Gasteiger partial charge in [0.15, 0.2) is 0 Å². The molecule has 21 heavy (non-hydrogen) atoms. The summed E-state index contributed by atoms with van der Waals surface area (Å²) >= 11 is 0. The van der Waals surface area contributed by atoms with E-state index in [-0.39, 0.29) is 6.03 Å². The number of alkyl halides is 3. The van der Waals surface area contributed by atoms with E-state index in [1.165, 1.54) is 12.1 Å². The molecule has 0 aromatic heterocycles. The van der Waals surface area contributed by atoms with Crippen LogP contribution in [0.25, 0.3) is 11.1 Å². The molecule has 1 aliphatic rings. The summed E-state index contributed by atoms with van der Waals surface area (Å²) in [6, 6.07) is 10.1. The van der Waals surface area contributed by atoms with Gasteiger partial charge in [0, 0.05) is 12.2 Å². The number of carbonyl (C=O) groups is 1. The molecule has 0 saturated heterocycles. The standard InChI is InChI=1S/C15H11F3N2O/c16-15(17,18)12-4-1-9(2-5-12)10-3-6-13-11(7-10)8-19-14(21)20-13/h1-7H,8H2,(H2,19,20,21). The van der Waals surface area contributed by atoms with Crippen LogP contribution in [0.5, 0.6) is 0 Å². The molecule has 1 aliphatic heterocycles. The van der Waals surface area contributed by atoms with Gasteiger partial charge in [0.2, 0.25) is 0 Å². The average Bonchev–Trinajstić information content (AvgIpc) is 2.46. The number of amides is 2. The van der Waals surface area contributed by atoms with Gasteiger partial charge in [-0.3, -0.25) is 0 Å². The molecule has 0 fully saturated rings. The number of benzene rings is 2. The second-order valence-electron chi connectivity index (χ2n) is 4.75. The first kappa shape index (κ1) is 13.5. The molecule has 0 saturated carbocycles. The molecule has 2 amide bonds. The number of anilines is 1. The predicted molar refractivity (Wildman–Crippen MR) is 72.7 cm³/mol. The SMILES string of the molecule is O=C1NCc2cc(-c3ccc(C(F)(F)F)cc3)ccc2N1. The number of carbonyl (C=O) groups excluding carboxylic acids is 1. The van der Waals surface area contributed by atoms with Crippen LogP contribution < -0.4 is 10.6 Å². The van der Waals surface area contributed by atoms with Crippen molar-refractivity contribution >= 4 is 11.7 Å². The highest BCUT2D eigenvalue weighted by Gasteiger charge is 2.30. The summed E-state index contributed by atoms with van der Waals surface area (Å²) in [5.74, 6) is 0. The summed E-state index contributed by atoms with van der Waals surface area (Å²) in [5.41, 5.74) is 2.45. The van der Waals surface area contributed by atoms with Crippen LogP contribution >= 0.6 is 0 Å². The Kier molecular flexibility index (Phi) is 3.08. The molecule has 3 rings (SSSR count). The Labute approximate surface area is 118 Å². The second kappa shape index (κ2) is 4.80. The topological polar surface area (TPSA) is 41.1 Å². The Bertz CT molecular complexity index is 693. The van der Waals surface area contributed by atoms with E-state index in [2.05, 4.69) is 10.6 Å². The monoisotopic (exact) mass is 292 g/mol. The van der Waals surface area contributed by atoms with Crippen molar-refractivity contribution in [3.63, 3.8) is 0 Å². The highest BCUT2D eigenvalue weighted by atomic mass is 19.4. The van der Waals surface area contributed by atoms with Crippen LogP contribution in [0.2, 0.25) is 0 Å². The van der Waals surface area contributed by atoms with E-state index in [1.807, 2.05) is 6.07 Å². The minimum atomic E-state index is -4.33. The Balaban J connectivity index is 1.92. The lowest BCUT2D eigenvalue weighted by Crippen LogP contribution is -2.33. The molecule has 2 aromatic rings. The van der Waals surface area contributed by atoms with E-state index >= 15 is 0 Å². The number of fused-ring (bicyclic) bond motifs is 1. The molecule has 0 atom stereocenters. The van der Waals surface area contributed by atoms with Gasteiger partial charge in [-0.15, -0.1) is 0 Å². The molecule has 108 valence electrons. The van der Waals surface area contributed by atoms with Gasteiger partial charge in [-0.25, -0.2) is 4.79 Å². The zero-order valence-electron chi connectivity index (χ0n) is 10.8. The van der Waals surface area contributed by atoms with Gasteiger partial charge < -0.3 is 10.6 Å². The lowest BCUT2D eigenvalue weighted by molar-refractivity contribution is -0.137. The highest BCUT2D eigenvalue weighted by Crippen LogP contribution is 2.32. The van der Waals surface area contributed by atoms with Gasteiger partial charge in [-0.05, 0) is 41.0 Å². The minimum absolute atomic E-state index is 0.259. The summed E-state index contributed by atoms with van der Waals surface area (Å²) in [6.45, 7) is 0.398. The fourth-order valence-corrected chi connectivity index (χ4v) is 2.24. The van der Waals surface area contributed by atoms with Crippen molar-refractivity contribution in [2.45, 2.75) is 12.7 Å². The zero-order valence-corrected chi connectivity index (χ0v) is 10.8. The summed E-state index contributed by atoms with van der Waals surface area (Å²) in [5, 5.41) is 5.32. The van der Waals surface area contributed by atoms with Crippen LogP contribution in [0, 0.1) is 0 Å². The largest absolute Gasteiger partial charge is 0.416 e. The number of hydrogen-bond donors (Lipinski definition) is 2. The molecule has 0 spiro atoms. The summed E-state index contributed by atoms with van der Waals surface area (Å²) in [4.78, 5) is 11.2. The quantitative estimate of drug-likeness (QED) is 0.819. The third kappa shape index (κ3) is 2.69. The molecule has 0 radical (unpaired) electrons. The number of rotatable bonds is 1. The predicted octanol–water partition coefficient (Wildman–Crippen LogP) is 4.01. The Hall–Kier alpha value is -2.50. The van der Waals surface area contributed by atoms with Gasteiger partial charge in [0.05, 0.1) is 5.56 Å². The first-order valence-corrected chi connectivity index (χ1v) is 6.29. The number of nitrogens with one attached hydrogen (secondary N) is 2. The van der Waals surface area contributed by atoms with E-state index in [9.17, 15) is 18.0 Å². The zero-order chi connectivity index (χ0) is 15.0. The van der Waals surface area contributed by atoms with Crippen LogP contribution in [-0.4, -0.2) is 6.03 Å². The van der Waals surface area contributed by atoms with Crippen LogP contribution in [-0.2, 0) is 12.7 Å². The minimum Gasteiger partial charge on any atom is -0.334 e. The molecule has 0 aliphatic carbocycles. The maximum atomic E-state index is 12.5. The highest BCUT2D eigenvalue weighted by molar-refractivity contribution is 5.92. The molecule has 2 N–H and O–H groups in total. The lowest BCUT2D eigenvalue weighted by Gasteiger charge is -2.19. The van der Waals surface area contributed by atoms with Crippen LogP contribution in [0.3, 0.4) is 0 Å².